The minimum absolute atomic E-state index is 0.619. The largest absolute Gasteiger partial charge is 0.472 e. The van der Waals surface area contributed by atoms with Crippen LogP contribution in [0.4, 0.5) is 5.69 Å². The minimum atomic E-state index is 0.619. The molecule has 0 fully saturated rings. The maximum atomic E-state index is 5.24. The Kier molecular flexibility index (Phi) is 4.00. The normalized spacial score (nSPS) is 11.4. The van der Waals surface area contributed by atoms with E-state index in [2.05, 4.69) is 42.3 Å². The first-order chi connectivity index (χ1) is 15.7. The van der Waals surface area contributed by atoms with Crippen LogP contribution >= 0.6 is 0 Å². The molecule has 0 aliphatic carbocycles. The molecule has 0 aromatic carbocycles. The molecule has 0 spiro atoms. The third kappa shape index (κ3) is 2.90. The number of rotatable bonds is 4. The number of imidazole rings is 1. The molecule has 6 rings (SSSR count). The van der Waals surface area contributed by atoms with E-state index >= 15 is 0 Å². The highest BCUT2D eigenvalue weighted by Gasteiger charge is 2.17. The lowest BCUT2D eigenvalue weighted by molar-refractivity contribution is 0.568. The summed E-state index contributed by atoms with van der Waals surface area (Å²) in [7, 11) is 3.98. The molecule has 0 unspecified atom stereocenters. The van der Waals surface area contributed by atoms with Gasteiger partial charge in [0.25, 0.3) is 0 Å². The van der Waals surface area contributed by atoms with Crippen LogP contribution in [0.25, 0.3) is 56.0 Å². The molecule has 0 bridgehead atoms. The molecule has 32 heavy (non-hydrogen) atoms. The van der Waals surface area contributed by atoms with Crippen LogP contribution in [-0.4, -0.2) is 49.2 Å². The molecule has 0 radical (unpaired) electrons. The minimum Gasteiger partial charge on any atom is -0.472 e. The van der Waals surface area contributed by atoms with Crippen LogP contribution < -0.4 is 4.90 Å². The van der Waals surface area contributed by atoms with E-state index in [1.807, 2.05) is 49.7 Å². The number of aromatic amines is 2. The Morgan fingerprint density at radius 2 is 1.84 bits per heavy atom. The molecule has 0 amide bonds. The van der Waals surface area contributed by atoms with Crippen molar-refractivity contribution >= 4 is 27.9 Å². The van der Waals surface area contributed by atoms with E-state index < -0.39 is 0 Å². The summed E-state index contributed by atoms with van der Waals surface area (Å²) >= 11 is 0. The van der Waals surface area contributed by atoms with Gasteiger partial charge in [-0.3, -0.25) is 10.1 Å². The number of H-pyrrole nitrogens is 2. The van der Waals surface area contributed by atoms with E-state index in [0.717, 1.165) is 38.8 Å². The molecule has 2 N–H and O–H groups in total. The fourth-order valence-corrected chi connectivity index (χ4v) is 3.75. The number of aromatic nitrogens is 7. The molecule has 9 nitrogen and oxygen atoms in total. The Labute approximate surface area is 182 Å². The highest BCUT2D eigenvalue weighted by Crippen LogP contribution is 2.32. The molecular weight excluding hydrogens is 404 g/mol. The molecule has 0 atom stereocenters. The van der Waals surface area contributed by atoms with Crippen LogP contribution in [0.1, 0.15) is 0 Å². The Bertz CT molecular complexity index is 1560. The number of nitrogens with zero attached hydrogens (tertiary/aromatic N) is 6. The van der Waals surface area contributed by atoms with Crippen molar-refractivity contribution < 1.29 is 4.42 Å². The van der Waals surface area contributed by atoms with E-state index in [1.54, 1.807) is 18.7 Å². The van der Waals surface area contributed by atoms with E-state index in [0.29, 0.717) is 22.8 Å². The Balaban J connectivity index is 1.49. The van der Waals surface area contributed by atoms with Crippen molar-refractivity contribution in [3.63, 3.8) is 0 Å². The molecule has 0 saturated carbocycles. The Morgan fingerprint density at radius 3 is 2.69 bits per heavy atom. The second kappa shape index (κ2) is 7.02. The van der Waals surface area contributed by atoms with Crippen LogP contribution in [0.5, 0.6) is 0 Å². The predicted molar refractivity (Wildman–Crippen MR) is 122 cm³/mol. The zero-order valence-corrected chi connectivity index (χ0v) is 17.4. The van der Waals surface area contributed by atoms with E-state index in [4.69, 9.17) is 9.40 Å². The molecule has 6 heterocycles. The number of fused-ring (bicyclic) bond motifs is 2. The maximum absolute atomic E-state index is 5.24. The predicted octanol–water partition coefficient (Wildman–Crippen LogP) is 4.28. The van der Waals surface area contributed by atoms with Crippen molar-refractivity contribution in [1.29, 1.82) is 0 Å². The van der Waals surface area contributed by atoms with Gasteiger partial charge in [-0.05, 0) is 24.3 Å². The first-order valence-electron chi connectivity index (χ1n) is 10.0. The molecule has 9 heteroatoms. The van der Waals surface area contributed by atoms with Crippen molar-refractivity contribution in [1.82, 2.24) is 35.1 Å². The van der Waals surface area contributed by atoms with Gasteiger partial charge in [0, 0.05) is 54.9 Å². The molecule has 0 aliphatic heterocycles. The van der Waals surface area contributed by atoms with Crippen LogP contribution in [-0.2, 0) is 0 Å². The summed E-state index contributed by atoms with van der Waals surface area (Å²) in [5.41, 5.74) is 7.64. The Hall–Kier alpha value is -4.53. The highest BCUT2D eigenvalue weighted by atomic mass is 16.3. The lowest BCUT2D eigenvalue weighted by Crippen LogP contribution is -2.08. The smallest absolute Gasteiger partial charge is 0.161 e. The number of furan rings is 1. The molecule has 6 aromatic rings. The SMILES string of the molecule is CN(C)c1cncc(-c2cnc3[nH]nc(-c4nc5c(-c6ccoc6)ccnc5[nH]4)c3c2)c1. The second-order valence-electron chi connectivity index (χ2n) is 7.67. The third-order valence-electron chi connectivity index (χ3n) is 5.43. The first kappa shape index (κ1) is 18.3. The van der Waals surface area contributed by atoms with Gasteiger partial charge in [0.05, 0.1) is 29.8 Å². The van der Waals surface area contributed by atoms with Gasteiger partial charge in [0.15, 0.2) is 17.1 Å². The number of anilines is 1. The number of hydrogen-bond donors (Lipinski definition) is 2. The summed E-state index contributed by atoms with van der Waals surface area (Å²) < 4.78 is 5.24. The van der Waals surface area contributed by atoms with E-state index in [1.165, 1.54) is 0 Å². The standard InChI is InChI=1S/C23H18N8O/c1-31(2)16-7-14(9-24-11-16)15-8-18-20(29-30-21(18)26-10-15)23-27-19-17(13-4-6-32-12-13)3-5-25-22(19)28-23/h3-12H,1-2H3,(H,25,27,28)(H,26,29,30). The highest BCUT2D eigenvalue weighted by molar-refractivity contribution is 5.96. The molecule has 0 saturated heterocycles. The zero-order valence-electron chi connectivity index (χ0n) is 17.4. The van der Waals surface area contributed by atoms with Crippen LogP contribution in [0.2, 0.25) is 0 Å². The van der Waals surface area contributed by atoms with Gasteiger partial charge in [0.2, 0.25) is 0 Å². The molecule has 6 aromatic heterocycles. The van der Waals surface area contributed by atoms with Crippen LogP contribution in [0.15, 0.2) is 66.0 Å². The van der Waals surface area contributed by atoms with Gasteiger partial charge in [-0.25, -0.2) is 15.0 Å². The fraction of sp³-hybridized carbons (Fsp3) is 0.0870. The van der Waals surface area contributed by atoms with Crippen molar-refractivity contribution in [3.8, 4) is 33.8 Å². The average molecular weight is 422 g/mol. The fourth-order valence-electron chi connectivity index (χ4n) is 3.75. The van der Waals surface area contributed by atoms with Gasteiger partial charge in [-0.15, -0.1) is 0 Å². The van der Waals surface area contributed by atoms with Crippen molar-refractivity contribution in [2.45, 2.75) is 0 Å². The maximum Gasteiger partial charge on any atom is 0.161 e. The van der Waals surface area contributed by atoms with Gasteiger partial charge in [-0.1, -0.05) is 0 Å². The number of hydrogen-bond acceptors (Lipinski definition) is 7. The Morgan fingerprint density at radius 1 is 0.938 bits per heavy atom. The van der Waals surface area contributed by atoms with E-state index in [9.17, 15) is 0 Å². The summed E-state index contributed by atoms with van der Waals surface area (Å²) in [5.74, 6) is 0.619. The topological polar surface area (TPSA) is 112 Å². The quantitative estimate of drug-likeness (QED) is 0.436. The average Bonchev–Trinajstić information content (AvgIpc) is 3.57. The third-order valence-corrected chi connectivity index (χ3v) is 5.43. The van der Waals surface area contributed by atoms with Gasteiger partial charge >= 0.3 is 0 Å². The zero-order chi connectivity index (χ0) is 21.7. The summed E-state index contributed by atoms with van der Waals surface area (Å²) in [6, 6.07) is 7.96. The number of pyridine rings is 3. The lowest BCUT2D eigenvalue weighted by atomic mass is 10.1. The summed E-state index contributed by atoms with van der Waals surface area (Å²) in [5, 5.41) is 8.35. The monoisotopic (exact) mass is 422 g/mol. The van der Waals surface area contributed by atoms with Crippen molar-refractivity contribution in [2.75, 3.05) is 19.0 Å². The van der Waals surface area contributed by atoms with Gasteiger partial charge in [-0.2, -0.15) is 5.10 Å². The van der Waals surface area contributed by atoms with Crippen molar-refractivity contribution in [3.05, 3.63) is 61.6 Å². The number of nitrogens with one attached hydrogen (secondary N) is 2. The summed E-state index contributed by atoms with van der Waals surface area (Å²) in [6.45, 7) is 0. The van der Waals surface area contributed by atoms with Crippen LogP contribution in [0.3, 0.4) is 0 Å². The summed E-state index contributed by atoms with van der Waals surface area (Å²) in [6.07, 6.45) is 10.6. The van der Waals surface area contributed by atoms with E-state index in [-0.39, 0.29) is 0 Å². The summed E-state index contributed by atoms with van der Waals surface area (Å²) in [4.78, 5) is 23.5. The molecular formula is C23H18N8O. The van der Waals surface area contributed by atoms with Crippen molar-refractivity contribution in [2.24, 2.45) is 0 Å². The second-order valence-corrected chi connectivity index (χ2v) is 7.67. The van der Waals surface area contributed by atoms with Gasteiger partial charge < -0.3 is 14.3 Å². The van der Waals surface area contributed by atoms with Gasteiger partial charge in [0.1, 0.15) is 11.2 Å². The lowest BCUT2D eigenvalue weighted by Gasteiger charge is -2.12. The first-order valence-corrected chi connectivity index (χ1v) is 10.0. The molecule has 0 aliphatic rings. The molecule has 156 valence electrons. The van der Waals surface area contributed by atoms with Crippen LogP contribution in [0, 0.1) is 0 Å².